The number of ether oxygens (including phenoxy) is 1. The zero-order valence-corrected chi connectivity index (χ0v) is 10.8. The number of hydrogen-bond donors (Lipinski definition) is 0. The van der Waals surface area contributed by atoms with Crippen molar-refractivity contribution in [1.82, 2.24) is 0 Å². The standard InChI is InChI=1S/C14H19FO2/c1-10-5-6-11(15)9-12(10)13(16)7-8-14(2,3)17-4/h5-6,9H,7-8H2,1-4H3. The molecule has 1 aromatic rings. The number of hydrogen-bond acceptors (Lipinski definition) is 2. The first-order chi connectivity index (χ1) is 7.85. The van der Waals surface area contributed by atoms with Crippen LogP contribution in [0.15, 0.2) is 18.2 Å². The molecule has 1 aromatic carbocycles. The molecule has 0 saturated carbocycles. The summed E-state index contributed by atoms with van der Waals surface area (Å²) in [5.74, 6) is -0.405. The molecule has 0 aromatic heterocycles. The van der Waals surface area contributed by atoms with Crippen LogP contribution in [0.2, 0.25) is 0 Å². The Hall–Kier alpha value is -1.22. The maximum Gasteiger partial charge on any atom is 0.163 e. The van der Waals surface area contributed by atoms with Gasteiger partial charge in [-0.15, -0.1) is 0 Å². The quantitative estimate of drug-likeness (QED) is 0.734. The Bertz CT molecular complexity index is 411. The van der Waals surface area contributed by atoms with Crippen LogP contribution in [0.5, 0.6) is 0 Å². The fourth-order valence-electron chi connectivity index (χ4n) is 1.55. The van der Waals surface area contributed by atoms with Gasteiger partial charge in [-0.2, -0.15) is 0 Å². The average molecular weight is 238 g/mol. The lowest BCUT2D eigenvalue weighted by molar-refractivity contribution is 0.0141. The summed E-state index contributed by atoms with van der Waals surface area (Å²) >= 11 is 0. The molecule has 0 radical (unpaired) electrons. The van der Waals surface area contributed by atoms with Crippen LogP contribution >= 0.6 is 0 Å². The first-order valence-electron chi connectivity index (χ1n) is 5.70. The first kappa shape index (κ1) is 13.8. The first-order valence-corrected chi connectivity index (χ1v) is 5.70. The van der Waals surface area contributed by atoms with E-state index in [0.29, 0.717) is 18.4 Å². The molecule has 0 amide bonds. The highest BCUT2D eigenvalue weighted by Gasteiger charge is 2.19. The van der Waals surface area contributed by atoms with Gasteiger partial charge in [0.25, 0.3) is 0 Å². The second kappa shape index (κ2) is 5.41. The zero-order chi connectivity index (χ0) is 13.1. The smallest absolute Gasteiger partial charge is 0.163 e. The number of aryl methyl sites for hydroxylation is 1. The topological polar surface area (TPSA) is 26.3 Å². The lowest BCUT2D eigenvalue weighted by Crippen LogP contribution is -2.23. The Morgan fingerprint density at radius 3 is 2.65 bits per heavy atom. The Labute approximate surface area is 102 Å². The third-order valence-corrected chi connectivity index (χ3v) is 3.01. The minimum atomic E-state index is -0.370. The molecule has 0 spiro atoms. The number of carbonyl (C=O) groups excluding carboxylic acids is 1. The maximum atomic E-state index is 13.1. The van der Waals surface area contributed by atoms with Gasteiger partial charge in [0.05, 0.1) is 5.60 Å². The molecule has 2 nitrogen and oxygen atoms in total. The van der Waals surface area contributed by atoms with E-state index < -0.39 is 0 Å². The highest BCUT2D eigenvalue weighted by atomic mass is 19.1. The van der Waals surface area contributed by atoms with E-state index in [9.17, 15) is 9.18 Å². The van der Waals surface area contributed by atoms with Gasteiger partial charge in [0.2, 0.25) is 0 Å². The number of carbonyl (C=O) groups is 1. The second-order valence-corrected chi connectivity index (χ2v) is 4.85. The number of ketones is 1. The van der Waals surface area contributed by atoms with E-state index in [2.05, 4.69) is 0 Å². The van der Waals surface area contributed by atoms with E-state index in [1.165, 1.54) is 12.1 Å². The van der Waals surface area contributed by atoms with Crippen LogP contribution in [0.4, 0.5) is 4.39 Å². The third kappa shape index (κ3) is 3.93. The number of benzene rings is 1. The maximum absolute atomic E-state index is 13.1. The SMILES string of the molecule is COC(C)(C)CCC(=O)c1cc(F)ccc1C. The number of Topliss-reactive ketones (excluding diaryl/α,β-unsaturated/α-hetero) is 1. The van der Waals surface area contributed by atoms with Crippen molar-refractivity contribution in [3.63, 3.8) is 0 Å². The lowest BCUT2D eigenvalue weighted by Gasteiger charge is -2.22. The minimum absolute atomic E-state index is 0.0351. The van der Waals surface area contributed by atoms with Crippen LogP contribution < -0.4 is 0 Å². The average Bonchev–Trinajstić information content (AvgIpc) is 2.29. The fraction of sp³-hybridized carbons (Fsp3) is 0.500. The van der Waals surface area contributed by atoms with Crippen molar-refractivity contribution in [3.8, 4) is 0 Å². The van der Waals surface area contributed by atoms with E-state index >= 15 is 0 Å². The third-order valence-electron chi connectivity index (χ3n) is 3.01. The minimum Gasteiger partial charge on any atom is -0.379 e. The molecule has 0 aliphatic rings. The predicted molar refractivity (Wildman–Crippen MR) is 65.8 cm³/mol. The normalized spacial score (nSPS) is 11.6. The molecule has 0 aliphatic carbocycles. The van der Waals surface area contributed by atoms with Gasteiger partial charge in [0.1, 0.15) is 5.82 Å². The van der Waals surface area contributed by atoms with Crippen molar-refractivity contribution >= 4 is 5.78 Å². The molecule has 0 bridgehead atoms. The van der Waals surface area contributed by atoms with Gasteiger partial charge in [-0.25, -0.2) is 4.39 Å². The van der Waals surface area contributed by atoms with Crippen LogP contribution in [0.3, 0.4) is 0 Å². The van der Waals surface area contributed by atoms with Gasteiger partial charge in [0.15, 0.2) is 5.78 Å². The molecule has 0 N–H and O–H groups in total. The summed E-state index contributed by atoms with van der Waals surface area (Å²) in [6.07, 6.45) is 0.990. The molecular formula is C14H19FO2. The Kier molecular flexibility index (Phi) is 4.40. The summed E-state index contributed by atoms with van der Waals surface area (Å²) in [6, 6.07) is 4.30. The molecule has 17 heavy (non-hydrogen) atoms. The Morgan fingerprint density at radius 2 is 2.06 bits per heavy atom. The van der Waals surface area contributed by atoms with Crippen molar-refractivity contribution in [1.29, 1.82) is 0 Å². The van der Waals surface area contributed by atoms with Gasteiger partial charge in [-0.1, -0.05) is 6.07 Å². The summed E-state index contributed by atoms with van der Waals surface area (Å²) in [5, 5.41) is 0. The van der Waals surface area contributed by atoms with E-state index in [1.807, 2.05) is 20.8 Å². The van der Waals surface area contributed by atoms with Gasteiger partial charge < -0.3 is 4.74 Å². The summed E-state index contributed by atoms with van der Waals surface area (Å²) in [4.78, 5) is 12.0. The number of rotatable bonds is 5. The molecule has 0 heterocycles. The van der Waals surface area contributed by atoms with Crippen molar-refractivity contribution in [2.24, 2.45) is 0 Å². The number of halogens is 1. The van der Waals surface area contributed by atoms with E-state index in [4.69, 9.17) is 4.74 Å². The van der Waals surface area contributed by atoms with Gasteiger partial charge >= 0.3 is 0 Å². The molecule has 1 rings (SSSR count). The fourth-order valence-corrected chi connectivity index (χ4v) is 1.55. The molecule has 0 unspecified atom stereocenters. The molecule has 0 aliphatic heterocycles. The molecule has 94 valence electrons. The van der Waals surface area contributed by atoms with Crippen molar-refractivity contribution in [3.05, 3.63) is 35.1 Å². The number of methoxy groups -OCH3 is 1. The lowest BCUT2D eigenvalue weighted by atomic mass is 9.96. The highest BCUT2D eigenvalue weighted by molar-refractivity contribution is 5.97. The van der Waals surface area contributed by atoms with Crippen LogP contribution in [0.1, 0.15) is 42.6 Å². The molecule has 0 atom stereocenters. The second-order valence-electron chi connectivity index (χ2n) is 4.85. The summed E-state index contributed by atoms with van der Waals surface area (Å²) < 4.78 is 18.3. The van der Waals surface area contributed by atoms with Crippen molar-refractivity contribution in [2.45, 2.75) is 39.2 Å². The van der Waals surface area contributed by atoms with Crippen LogP contribution in [0.25, 0.3) is 0 Å². The molecule has 0 saturated heterocycles. The zero-order valence-electron chi connectivity index (χ0n) is 10.8. The van der Waals surface area contributed by atoms with E-state index in [1.54, 1.807) is 13.2 Å². The summed E-state index contributed by atoms with van der Waals surface area (Å²) in [5.41, 5.74) is 0.959. The van der Waals surface area contributed by atoms with E-state index in [0.717, 1.165) is 5.56 Å². The van der Waals surface area contributed by atoms with Crippen LogP contribution in [-0.2, 0) is 4.74 Å². The van der Waals surface area contributed by atoms with Gasteiger partial charge in [-0.3, -0.25) is 4.79 Å². The largest absolute Gasteiger partial charge is 0.379 e. The molecule has 3 heteroatoms. The van der Waals surface area contributed by atoms with Crippen LogP contribution in [-0.4, -0.2) is 18.5 Å². The van der Waals surface area contributed by atoms with Gasteiger partial charge in [0, 0.05) is 19.1 Å². The molecular weight excluding hydrogens is 219 g/mol. The highest BCUT2D eigenvalue weighted by Crippen LogP contribution is 2.19. The van der Waals surface area contributed by atoms with Gasteiger partial charge in [-0.05, 0) is 44.9 Å². The van der Waals surface area contributed by atoms with Crippen LogP contribution in [0, 0.1) is 12.7 Å². The predicted octanol–water partition coefficient (Wildman–Crippen LogP) is 3.52. The van der Waals surface area contributed by atoms with Crippen molar-refractivity contribution in [2.75, 3.05) is 7.11 Å². The monoisotopic (exact) mass is 238 g/mol. The molecule has 0 fully saturated rings. The van der Waals surface area contributed by atoms with E-state index in [-0.39, 0.29) is 17.2 Å². The Balaban J connectivity index is 2.74. The summed E-state index contributed by atoms with van der Waals surface area (Å²) in [7, 11) is 1.62. The van der Waals surface area contributed by atoms with Crippen molar-refractivity contribution < 1.29 is 13.9 Å². The Morgan fingerprint density at radius 1 is 1.41 bits per heavy atom. The summed E-state index contributed by atoms with van der Waals surface area (Å²) in [6.45, 7) is 5.67.